The predicted octanol–water partition coefficient (Wildman–Crippen LogP) is 3.34. The van der Waals surface area contributed by atoms with E-state index in [9.17, 15) is 9.59 Å². The van der Waals surface area contributed by atoms with Gasteiger partial charge in [0.05, 0.1) is 22.9 Å². The first kappa shape index (κ1) is 20.0. The van der Waals surface area contributed by atoms with E-state index >= 15 is 0 Å². The smallest absolute Gasteiger partial charge is 0.268 e. The molecule has 1 amide bonds. The van der Waals surface area contributed by atoms with Gasteiger partial charge in [-0.1, -0.05) is 49.0 Å². The zero-order valence-corrected chi connectivity index (χ0v) is 17.7. The summed E-state index contributed by atoms with van der Waals surface area (Å²) in [6, 6.07) is 9.87. The maximum absolute atomic E-state index is 13.1. The van der Waals surface area contributed by atoms with E-state index in [0.29, 0.717) is 17.0 Å². The molecule has 3 rings (SSSR count). The Labute approximate surface area is 168 Å². The van der Waals surface area contributed by atoms with Crippen LogP contribution in [0, 0.1) is 0 Å². The number of hydrogen-bond acceptors (Lipinski definition) is 5. The Morgan fingerprint density at radius 2 is 2.04 bits per heavy atom. The Kier molecular flexibility index (Phi) is 6.01. The van der Waals surface area contributed by atoms with Crippen LogP contribution < -0.4 is 10.9 Å². The van der Waals surface area contributed by atoms with E-state index in [2.05, 4.69) is 12.2 Å². The molecule has 0 aliphatic carbocycles. The fourth-order valence-corrected chi connectivity index (χ4v) is 4.86. The summed E-state index contributed by atoms with van der Waals surface area (Å²) in [6.45, 7) is 8.42. The molecule has 1 atom stereocenters. The zero-order chi connectivity index (χ0) is 19.6. The Hall–Kier alpha value is -1.73. The third-order valence-corrected chi connectivity index (χ3v) is 6.18. The van der Waals surface area contributed by atoms with Crippen molar-refractivity contribution >= 4 is 29.4 Å². The van der Waals surface area contributed by atoms with Crippen LogP contribution in [0.2, 0.25) is 0 Å². The molecule has 0 fully saturated rings. The van der Waals surface area contributed by atoms with Gasteiger partial charge in [0, 0.05) is 17.2 Å². The molecule has 5 nitrogen and oxygen atoms in total. The predicted molar refractivity (Wildman–Crippen MR) is 112 cm³/mol. The fraction of sp³-hybridized carbons (Fsp3) is 0.450. The van der Waals surface area contributed by atoms with Crippen molar-refractivity contribution in [3.05, 3.63) is 51.9 Å². The first-order valence-electron chi connectivity index (χ1n) is 9.01. The molecule has 1 unspecified atom stereocenters. The third-order valence-electron chi connectivity index (χ3n) is 3.99. The van der Waals surface area contributed by atoms with E-state index in [0.717, 1.165) is 22.6 Å². The lowest BCUT2D eigenvalue weighted by molar-refractivity contribution is -0.119. The average molecular weight is 404 g/mol. The van der Waals surface area contributed by atoms with Gasteiger partial charge in [0.2, 0.25) is 5.91 Å². The Balaban J connectivity index is 1.89. The number of nitrogens with zero attached hydrogens (tertiary/aromatic N) is 2. The number of rotatable bonds is 5. The van der Waals surface area contributed by atoms with Gasteiger partial charge in [-0.3, -0.25) is 14.2 Å². The maximum atomic E-state index is 13.1. The molecule has 144 valence electrons. The second kappa shape index (κ2) is 8.10. The largest absolute Gasteiger partial charge is 0.351 e. The summed E-state index contributed by atoms with van der Waals surface area (Å²) < 4.78 is 1.70. The molecular weight excluding hydrogens is 378 g/mol. The molecule has 7 heteroatoms. The van der Waals surface area contributed by atoms with Crippen molar-refractivity contribution in [2.45, 2.75) is 61.5 Å². The number of thioether (sulfide) groups is 2. The molecule has 1 aromatic carbocycles. The van der Waals surface area contributed by atoms with Gasteiger partial charge >= 0.3 is 0 Å². The zero-order valence-electron chi connectivity index (χ0n) is 16.1. The molecule has 27 heavy (non-hydrogen) atoms. The highest BCUT2D eigenvalue weighted by atomic mass is 32.2. The number of carbonyl (C=O) groups is 1. The topological polar surface area (TPSA) is 64.0 Å². The first-order chi connectivity index (χ1) is 12.7. The summed E-state index contributed by atoms with van der Waals surface area (Å²) in [4.78, 5) is 30.8. The second-order valence-electron chi connectivity index (χ2n) is 7.77. The normalized spacial score (nSPS) is 16.2. The minimum atomic E-state index is -0.279. The van der Waals surface area contributed by atoms with E-state index in [4.69, 9.17) is 4.98 Å². The van der Waals surface area contributed by atoms with E-state index in [1.165, 1.54) is 11.8 Å². The lowest BCUT2D eigenvalue weighted by atomic mass is 10.1. The summed E-state index contributed by atoms with van der Waals surface area (Å²) in [5.41, 5.74) is 1.62. The molecule has 2 heterocycles. The Bertz CT molecular complexity index is 889. The highest BCUT2D eigenvalue weighted by Crippen LogP contribution is 2.34. The van der Waals surface area contributed by atoms with E-state index < -0.39 is 0 Å². The van der Waals surface area contributed by atoms with Crippen molar-refractivity contribution in [2.24, 2.45) is 0 Å². The van der Waals surface area contributed by atoms with Crippen LogP contribution in [-0.2, 0) is 17.8 Å². The number of benzene rings is 1. The van der Waals surface area contributed by atoms with Gasteiger partial charge < -0.3 is 5.32 Å². The average Bonchev–Trinajstić information content (AvgIpc) is 2.96. The van der Waals surface area contributed by atoms with Crippen molar-refractivity contribution in [3.8, 4) is 0 Å². The van der Waals surface area contributed by atoms with Crippen LogP contribution in [0.1, 0.15) is 39.0 Å². The highest BCUT2D eigenvalue weighted by Gasteiger charge is 2.26. The van der Waals surface area contributed by atoms with Crippen LogP contribution in [0.4, 0.5) is 0 Å². The van der Waals surface area contributed by atoms with Gasteiger partial charge in [-0.15, -0.1) is 11.8 Å². The Morgan fingerprint density at radius 1 is 1.33 bits per heavy atom. The van der Waals surface area contributed by atoms with Crippen molar-refractivity contribution < 1.29 is 4.79 Å². The Morgan fingerprint density at radius 3 is 2.70 bits per heavy atom. The second-order valence-corrected chi connectivity index (χ2v) is 10.2. The number of hydrogen-bond donors (Lipinski definition) is 1. The minimum Gasteiger partial charge on any atom is -0.351 e. The summed E-state index contributed by atoms with van der Waals surface area (Å²) in [6.07, 6.45) is 0.795. The summed E-state index contributed by atoms with van der Waals surface area (Å²) >= 11 is 2.93. The van der Waals surface area contributed by atoms with Crippen LogP contribution >= 0.6 is 23.5 Å². The maximum Gasteiger partial charge on any atom is 0.268 e. The van der Waals surface area contributed by atoms with Crippen molar-refractivity contribution in [1.82, 2.24) is 14.9 Å². The summed E-state index contributed by atoms with van der Waals surface area (Å²) in [5, 5.41) is 3.92. The van der Waals surface area contributed by atoms with Crippen LogP contribution in [0.15, 0.2) is 45.2 Å². The summed E-state index contributed by atoms with van der Waals surface area (Å²) in [5.74, 6) is 0.177. The van der Waals surface area contributed by atoms with Gasteiger partial charge in [-0.05, 0) is 26.3 Å². The monoisotopic (exact) mass is 403 g/mol. The molecule has 0 spiro atoms. The van der Waals surface area contributed by atoms with Crippen LogP contribution in [-0.4, -0.2) is 32.0 Å². The lowest BCUT2D eigenvalue weighted by Gasteiger charge is -2.20. The molecule has 1 aromatic heterocycles. The first-order valence-corrected chi connectivity index (χ1v) is 10.9. The highest BCUT2D eigenvalue weighted by molar-refractivity contribution is 8.00. The van der Waals surface area contributed by atoms with E-state index in [-0.39, 0.29) is 22.8 Å². The molecule has 0 bridgehead atoms. The lowest BCUT2D eigenvalue weighted by Crippen LogP contribution is -2.41. The van der Waals surface area contributed by atoms with Crippen LogP contribution in [0.25, 0.3) is 0 Å². The molecule has 1 aliphatic rings. The minimum absolute atomic E-state index is 0.00284. The van der Waals surface area contributed by atoms with Gasteiger partial charge in [0.1, 0.15) is 0 Å². The number of amides is 1. The molecular formula is C20H25N3O2S2. The van der Waals surface area contributed by atoms with E-state index in [1.54, 1.807) is 16.3 Å². The standard InChI is InChI=1S/C20H25N3O2S2/c1-13-10-15-17(27-13)18(25)23(11-14-8-6-5-7-9-14)19(21-15)26-12-16(24)22-20(2,3)4/h5-9,13H,10-12H2,1-4H3,(H,22,24). The molecule has 1 N–H and O–H groups in total. The van der Waals surface area contributed by atoms with E-state index in [1.807, 2.05) is 51.1 Å². The van der Waals surface area contributed by atoms with Crippen molar-refractivity contribution in [2.75, 3.05) is 5.75 Å². The number of aromatic nitrogens is 2. The molecule has 2 aromatic rings. The van der Waals surface area contributed by atoms with Gasteiger partial charge in [-0.2, -0.15) is 0 Å². The van der Waals surface area contributed by atoms with Crippen molar-refractivity contribution in [3.63, 3.8) is 0 Å². The van der Waals surface area contributed by atoms with Crippen LogP contribution in [0.5, 0.6) is 0 Å². The fourth-order valence-electron chi connectivity index (χ4n) is 2.93. The van der Waals surface area contributed by atoms with Gasteiger partial charge in [0.25, 0.3) is 5.56 Å². The molecule has 0 radical (unpaired) electrons. The van der Waals surface area contributed by atoms with Gasteiger partial charge in [0.15, 0.2) is 5.16 Å². The number of nitrogens with one attached hydrogen (secondary N) is 1. The van der Waals surface area contributed by atoms with Crippen LogP contribution in [0.3, 0.4) is 0 Å². The van der Waals surface area contributed by atoms with Gasteiger partial charge in [-0.25, -0.2) is 4.98 Å². The third kappa shape index (κ3) is 5.17. The molecule has 0 saturated heterocycles. The number of fused-ring (bicyclic) bond motifs is 1. The number of carbonyl (C=O) groups excluding carboxylic acids is 1. The quantitative estimate of drug-likeness (QED) is 0.613. The molecule has 1 aliphatic heterocycles. The van der Waals surface area contributed by atoms with Crippen molar-refractivity contribution in [1.29, 1.82) is 0 Å². The SMILES string of the molecule is CC1Cc2nc(SCC(=O)NC(C)(C)C)n(Cc3ccccc3)c(=O)c2S1. The summed E-state index contributed by atoms with van der Waals surface area (Å²) in [7, 11) is 0. The molecule has 0 saturated carbocycles.